The Balaban J connectivity index is 2.36. The summed E-state index contributed by atoms with van der Waals surface area (Å²) in [5.74, 6) is -1.21. The van der Waals surface area contributed by atoms with E-state index >= 15 is 0 Å². The van der Waals surface area contributed by atoms with Gasteiger partial charge in [0.15, 0.2) is 0 Å². The van der Waals surface area contributed by atoms with Crippen LogP contribution in [-0.2, 0) is 19.5 Å². The van der Waals surface area contributed by atoms with Gasteiger partial charge in [0.2, 0.25) is 17.7 Å². The van der Waals surface area contributed by atoms with Gasteiger partial charge in [-0.05, 0) is 18.2 Å². The number of nitrogens with one attached hydrogen (secondary N) is 2. The fraction of sp³-hybridized carbons (Fsp3) is 0.278. The molecule has 1 aromatic heterocycles. The summed E-state index contributed by atoms with van der Waals surface area (Å²) in [6.45, 7) is 0. The molecule has 2 N–H and O–H groups in total. The molecule has 0 unspecified atom stereocenters. The Bertz CT molecular complexity index is 1150. The Hall–Kier alpha value is -4.14. The highest BCUT2D eigenvalue weighted by Crippen LogP contribution is 2.24. The number of hydrogen-bond acceptors (Lipinski definition) is 11. The van der Waals surface area contributed by atoms with E-state index < -0.39 is 38.6 Å². The van der Waals surface area contributed by atoms with Crippen LogP contribution in [0.5, 0.6) is 11.8 Å². The number of hydrogen-bond donors (Lipinski definition) is 2. The third kappa shape index (κ3) is 5.97. The van der Waals surface area contributed by atoms with Crippen molar-refractivity contribution in [2.45, 2.75) is 4.90 Å². The van der Waals surface area contributed by atoms with Gasteiger partial charge in [-0.15, -0.1) is 0 Å². The number of benzene rings is 1. The zero-order valence-electron chi connectivity index (χ0n) is 18.2. The molecule has 0 aliphatic rings. The molecule has 2 aromatic rings. The Kier molecular flexibility index (Phi) is 7.95. The maximum Gasteiger partial charge on any atom is 0.413 e. The van der Waals surface area contributed by atoms with Crippen LogP contribution in [-0.4, -0.2) is 72.0 Å². The van der Waals surface area contributed by atoms with E-state index in [-0.39, 0.29) is 23.4 Å². The molecule has 3 amide bonds. The van der Waals surface area contributed by atoms with Crippen LogP contribution >= 0.6 is 0 Å². The maximum absolute atomic E-state index is 12.8. The number of amides is 3. The minimum atomic E-state index is -4.58. The predicted octanol–water partition coefficient (Wildman–Crippen LogP) is 0.993. The third-order valence-corrected chi connectivity index (χ3v) is 5.43. The van der Waals surface area contributed by atoms with Crippen molar-refractivity contribution in [3.63, 3.8) is 0 Å². The van der Waals surface area contributed by atoms with Crippen LogP contribution in [0.3, 0.4) is 0 Å². The van der Waals surface area contributed by atoms with Crippen molar-refractivity contribution in [3.8, 4) is 11.8 Å². The van der Waals surface area contributed by atoms with Crippen LogP contribution in [0.15, 0.2) is 29.2 Å². The number of methoxy groups -OCH3 is 4. The molecular formula is C18H21N5O9S. The molecular weight excluding hydrogens is 462 g/mol. The quantitative estimate of drug-likeness (QED) is 0.537. The summed E-state index contributed by atoms with van der Waals surface area (Å²) in [4.78, 5) is 44.4. The van der Waals surface area contributed by atoms with Gasteiger partial charge in [-0.25, -0.2) is 27.5 Å². The highest BCUT2D eigenvalue weighted by Gasteiger charge is 2.27. The van der Waals surface area contributed by atoms with Crippen molar-refractivity contribution in [2.75, 3.05) is 45.7 Å². The Morgan fingerprint density at radius 2 is 1.55 bits per heavy atom. The number of rotatable bonds is 7. The number of sulfonamides is 1. The molecule has 0 atom stereocenters. The molecule has 0 bridgehead atoms. The van der Waals surface area contributed by atoms with E-state index in [1.807, 2.05) is 0 Å². The number of esters is 1. The fourth-order valence-electron chi connectivity index (χ4n) is 2.45. The minimum absolute atomic E-state index is 0.0540. The van der Waals surface area contributed by atoms with Gasteiger partial charge in [-0.2, -0.15) is 9.97 Å². The summed E-state index contributed by atoms with van der Waals surface area (Å²) in [5, 5.41) is 2.14. The van der Waals surface area contributed by atoms with Crippen LogP contribution in [0.25, 0.3) is 0 Å². The van der Waals surface area contributed by atoms with Gasteiger partial charge < -0.3 is 18.9 Å². The van der Waals surface area contributed by atoms with Gasteiger partial charge in [0.05, 0.1) is 40.1 Å². The number of carbonyl (C=O) groups excluding carboxylic acids is 3. The van der Waals surface area contributed by atoms with Gasteiger partial charge in [0.1, 0.15) is 4.90 Å². The van der Waals surface area contributed by atoms with Crippen LogP contribution < -0.4 is 24.4 Å². The van der Waals surface area contributed by atoms with Crippen LogP contribution in [0.1, 0.15) is 10.4 Å². The molecule has 0 spiro atoms. The smallest absolute Gasteiger partial charge is 0.413 e. The van der Waals surface area contributed by atoms with Crippen molar-refractivity contribution in [2.24, 2.45) is 0 Å². The SMILES string of the molecule is COC(=O)c1cc(N(C)C(=O)OC)ccc1S(=O)(=O)NC(=O)Nc1nc(OC)cc(OC)n1. The second-order valence-corrected chi connectivity index (χ2v) is 7.69. The van der Waals surface area contributed by atoms with E-state index in [0.29, 0.717) is 0 Å². The summed E-state index contributed by atoms with van der Waals surface area (Å²) >= 11 is 0. The standard InChI is InChI=1S/C18H21N5O9S/c1-23(18(26)32-5)10-6-7-12(11(8-10)15(24)31-4)33(27,28)22-17(25)21-16-19-13(29-2)9-14(20-16)30-3/h6-9H,1-5H3,(H2,19,20,21,22,25). The molecule has 14 nitrogen and oxygen atoms in total. The van der Waals surface area contributed by atoms with Crippen molar-refractivity contribution in [1.82, 2.24) is 14.7 Å². The minimum Gasteiger partial charge on any atom is -0.481 e. The Morgan fingerprint density at radius 3 is 2.06 bits per heavy atom. The highest BCUT2D eigenvalue weighted by molar-refractivity contribution is 7.90. The Labute approximate surface area is 188 Å². The monoisotopic (exact) mass is 483 g/mol. The third-order valence-electron chi connectivity index (χ3n) is 4.04. The van der Waals surface area contributed by atoms with E-state index in [1.54, 1.807) is 4.72 Å². The number of nitrogens with zero attached hydrogens (tertiary/aromatic N) is 3. The van der Waals surface area contributed by atoms with Crippen molar-refractivity contribution in [1.29, 1.82) is 0 Å². The zero-order chi connectivity index (χ0) is 24.8. The number of urea groups is 1. The molecule has 15 heteroatoms. The van der Waals surface area contributed by atoms with Crippen molar-refractivity contribution >= 4 is 39.8 Å². The number of aromatic nitrogens is 2. The average Bonchev–Trinajstić information content (AvgIpc) is 2.81. The lowest BCUT2D eigenvalue weighted by molar-refractivity contribution is 0.0596. The lowest BCUT2D eigenvalue weighted by Crippen LogP contribution is -2.36. The van der Waals surface area contributed by atoms with E-state index in [4.69, 9.17) is 9.47 Å². The first-order valence-electron chi connectivity index (χ1n) is 8.91. The van der Waals surface area contributed by atoms with E-state index in [9.17, 15) is 22.8 Å². The van der Waals surface area contributed by atoms with Gasteiger partial charge in [-0.1, -0.05) is 0 Å². The van der Waals surface area contributed by atoms with Crippen molar-refractivity contribution < 1.29 is 41.7 Å². The largest absolute Gasteiger partial charge is 0.481 e. The van der Waals surface area contributed by atoms with Crippen molar-refractivity contribution in [3.05, 3.63) is 29.8 Å². The lowest BCUT2D eigenvalue weighted by Gasteiger charge is -2.18. The molecule has 0 aliphatic carbocycles. The highest BCUT2D eigenvalue weighted by atomic mass is 32.2. The predicted molar refractivity (Wildman–Crippen MR) is 113 cm³/mol. The molecule has 0 aliphatic heterocycles. The molecule has 1 heterocycles. The second-order valence-electron chi connectivity index (χ2n) is 6.04. The molecule has 2 rings (SSSR count). The van der Waals surface area contributed by atoms with Crippen LogP contribution in [0.4, 0.5) is 21.2 Å². The van der Waals surface area contributed by atoms with Gasteiger partial charge >= 0.3 is 18.1 Å². The topological polar surface area (TPSA) is 175 Å². The first-order valence-corrected chi connectivity index (χ1v) is 10.4. The summed E-state index contributed by atoms with van der Waals surface area (Å²) in [6, 6.07) is 3.49. The first-order chi connectivity index (χ1) is 15.6. The molecule has 178 valence electrons. The zero-order valence-corrected chi connectivity index (χ0v) is 19.1. The molecule has 1 aromatic carbocycles. The van der Waals surface area contributed by atoms with Gasteiger partial charge in [0.25, 0.3) is 10.0 Å². The number of anilines is 2. The lowest BCUT2D eigenvalue weighted by atomic mass is 10.2. The molecule has 0 radical (unpaired) electrons. The average molecular weight is 483 g/mol. The molecule has 0 saturated heterocycles. The van der Waals surface area contributed by atoms with Crippen LogP contribution in [0.2, 0.25) is 0 Å². The second kappa shape index (κ2) is 10.4. The van der Waals surface area contributed by atoms with E-state index in [1.165, 1.54) is 33.4 Å². The normalized spacial score (nSPS) is 10.6. The summed E-state index contributed by atoms with van der Waals surface area (Å²) in [5.41, 5.74) is -0.284. The number of ether oxygens (including phenoxy) is 4. The molecule has 0 saturated carbocycles. The summed E-state index contributed by atoms with van der Waals surface area (Å²) in [6.07, 6.45) is -0.757. The summed E-state index contributed by atoms with van der Waals surface area (Å²) in [7, 11) is 1.62. The fourth-order valence-corrected chi connectivity index (χ4v) is 3.53. The van der Waals surface area contributed by atoms with Gasteiger partial charge in [0, 0.05) is 12.7 Å². The van der Waals surface area contributed by atoms with Crippen LogP contribution in [0, 0.1) is 0 Å². The van der Waals surface area contributed by atoms with E-state index in [2.05, 4.69) is 24.8 Å². The maximum atomic E-state index is 12.8. The van der Waals surface area contributed by atoms with E-state index in [0.717, 1.165) is 31.3 Å². The first kappa shape index (κ1) is 25.1. The summed E-state index contributed by atoms with van der Waals surface area (Å²) < 4.78 is 46.5. The molecule has 0 fully saturated rings. The Morgan fingerprint density at radius 1 is 0.939 bits per heavy atom. The van der Waals surface area contributed by atoms with Gasteiger partial charge in [-0.3, -0.25) is 10.2 Å². The number of carbonyl (C=O) groups is 3. The molecule has 33 heavy (non-hydrogen) atoms.